The maximum atomic E-state index is 13.0. The molecule has 0 amide bonds. The smallest absolute Gasteiger partial charge is 0.201 e. The third-order valence-electron chi connectivity index (χ3n) is 5.06. The number of fused-ring (bicyclic) bond motifs is 2. The second-order valence-electron chi connectivity index (χ2n) is 8.37. The van der Waals surface area contributed by atoms with Crippen molar-refractivity contribution in [1.82, 2.24) is 0 Å². The van der Waals surface area contributed by atoms with Gasteiger partial charge in [0.05, 0.1) is 23.3 Å². The van der Waals surface area contributed by atoms with Crippen LogP contribution in [0.3, 0.4) is 0 Å². The fourth-order valence-corrected chi connectivity index (χ4v) is 3.54. The van der Waals surface area contributed by atoms with Crippen LogP contribution in [0.4, 0.5) is 0 Å². The summed E-state index contributed by atoms with van der Waals surface area (Å²) in [6.07, 6.45) is 0. The largest absolute Gasteiger partial charge is 0.507 e. The summed E-state index contributed by atoms with van der Waals surface area (Å²) in [5, 5.41) is 20.6. The zero-order valence-corrected chi connectivity index (χ0v) is 17.0. The average molecular weight is 402 g/mol. The van der Waals surface area contributed by atoms with Gasteiger partial charge >= 0.3 is 0 Å². The number of carbonyl (C=O) groups is 2. The minimum absolute atomic E-state index is 0.0683. The van der Waals surface area contributed by atoms with E-state index in [1.54, 1.807) is 6.07 Å². The SMILES string of the molecule is CC(C)(C)OCc1ccc(-c2cc(O)c3c(c2)C(=O)c2cccc(O)c2C3=O)cc1. The number of hydrogen-bond donors (Lipinski definition) is 2. The Morgan fingerprint density at radius 2 is 1.43 bits per heavy atom. The van der Waals surface area contributed by atoms with Crippen molar-refractivity contribution < 1.29 is 24.5 Å². The molecule has 0 aliphatic heterocycles. The highest BCUT2D eigenvalue weighted by atomic mass is 16.5. The number of phenolic OH excluding ortho intramolecular Hbond substituents is 2. The summed E-state index contributed by atoms with van der Waals surface area (Å²) in [5.41, 5.74) is 2.32. The van der Waals surface area contributed by atoms with E-state index in [0.717, 1.165) is 11.1 Å². The van der Waals surface area contributed by atoms with Crippen LogP contribution in [-0.4, -0.2) is 27.4 Å². The molecule has 0 heterocycles. The summed E-state index contributed by atoms with van der Waals surface area (Å²) in [6.45, 7) is 6.46. The first-order valence-electron chi connectivity index (χ1n) is 9.67. The van der Waals surface area contributed by atoms with Gasteiger partial charge in [0, 0.05) is 11.1 Å². The lowest BCUT2D eigenvalue weighted by atomic mass is 9.81. The number of aromatic hydroxyl groups is 2. The highest BCUT2D eigenvalue weighted by molar-refractivity contribution is 6.30. The quantitative estimate of drug-likeness (QED) is 0.511. The van der Waals surface area contributed by atoms with E-state index in [2.05, 4.69) is 0 Å². The first-order chi connectivity index (χ1) is 14.2. The summed E-state index contributed by atoms with van der Waals surface area (Å²) < 4.78 is 5.78. The summed E-state index contributed by atoms with van der Waals surface area (Å²) in [4.78, 5) is 25.8. The van der Waals surface area contributed by atoms with Crippen LogP contribution in [0.2, 0.25) is 0 Å². The van der Waals surface area contributed by atoms with Crippen molar-refractivity contribution in [3.63, 3.8) is 0 Å². The molecule has 5 nitrogen and oxygen atoms in total. The lowest BCUT2D eigenvalue weighted by Gasteiger charge is -2.20. The van der Waals surface area contributed by atoms with Gasteiger partial charge in [0.1, 0.15) is 11.5 Å². The van der Waals surface area contributed by atoms with Crippen molar-refractivity contribution in [1.29, 1.82) is 0 Å². The maximum absolute atomic E-state index is 13.0. The molecule has 0 radical (unpaired) electrons. The van der Waals surface area contributed by atoms with Crippen molar-refractivity contribution in [2.75, 3.05) is 0 Å². The molecule has 0 spiro atoms. The Morgan fingerprint density at radius 1 is 0.767 bits per heavy atom. The van der Waals surface area contributed by atoms with Gasteiger partial charge in [-0.05, 0) is 55.7 Å². The van der Waals surface area contributed by atoms with Crippen LogP contribution in [-0.2, 0) is 11.3 Å². The number of rotatable bonds is 3. The minimum Gasteiger partial charge on any atom is -0.507 e. The van der Waals surface area contributed by atoms with E-state index in [1.165, 1.54) is 24.3 Å². The normalized spacial score (nSPS) is 13.2. The topological polar surface area (TPSA) is 83.8 Å². The van der Waals surface area contributed by atoms with E-state index in [4.69, 9.17) is 4.74 Å². The predicted molar refractivity (Wildman–Crippen MR) is 113 cm³/mol. The predicted octanol–water partition coefficient (Wildman–Crippen LogP) is 4.86. The second kappa shape index (κ2) is 7.11. The van der Waals surface area contributed by atoms with Crippen LogP contribution < -0.4 is 0 Å². The Labute approximate surface area is 174 Å². The van der Waals surface area contributed by atoms with Gasteiger partial charge in [-0.2, -0.15) is 0 Å². The number of benzene rings is 3. The number of carbonyl (C=O) groups excluding carboxylic acids is 2. The van der Waals surface area contributed by atoms with E-state index >= 15 is 0 Å². The Bertz CT molecular complexity index is 1170. The van der Waals surface area contributed by atoms with Gasteiger partial charge in [-0.3, -0.25) is 9.59 Å². The molecule has 0 unspecified atom stereocenters. The molecule has 0 saturated heterocycles. The van der Waals surface area contributed by atoms with Crippen LogP contribution in [0.5, 0.6) is 11.5 Å². The van der Waals surface area contributed by atoms with Gasteiger partial charge in [0.15, 0.2) is 5.78 Å². The van der Waals surface area contributed by atoms with Crippen molar-refractivity contribution in [2.24, 2.45) is 0 Å². The number of ketones is 2. The van der Waals surface area contributed by atoms with Crippen LogP contribution in [0.25, 0.3) is 11.1 Å². The Balaban J connectivity index is 1.72. The van der Waals surface area contributed by atoms with Gasteiger partial charge in [-0.15, -0.1) is 0 Å². The fourth-order valence-electron chi connectivity index (χ4n) is 3.54. The third kappa shape index (κ3) is 3.48. The molecule has 152 valence electrons. The van der Waals surface area contributed by atoms with Gasteiger partial charge in [-0.25, -0.2) is 0 Å². The average Bonchev–Trinajstić information content (AvgIpc) is 2.69. The summed E-state index contributed by atoms with van der Waals surface area (Å²) in [6, 6.07) is 15.1. The molecule has 0 saturated carbocycles. The maximum Gasteiger partial charge on any atom is 0.201 e. The van der Waals surface area contributed by atoms with Crippen LogP contribution in [0.1, 0.15) is 58.2 Å². The van der Waals surface area contributed by atoms with E-state index in [1.807, 2.05) is 45.0 Å². The van der Waals surface area contributed by atoms with Gasteiger partial charge in [0.25, 0.3) is 0 Å². The van der Waals surface area contributed by atoms with Crippen LogP contribution in [0, 0.1) is 0 Å². The van der Waals surface area contributed by atoms with Crippen molar-refractivity contribution in [3.05, 3.63) is 82.4 Å². The molecule has 2 N–H and O–H groups in total. The third-order valence-corrected chi connectivity index (χ3v) is 5.06. The van der Waals surface area contributed by atoms with E-state index in [9.17, 15) is 19.8 Å². The number of phenols is 2. The molecule has 1 aliphatic rings. The Kier molecular flexibility index (Phi) is 4.71. The molecule has 30 heavy (non-hydrogen) atoms. The molecule has 1 aliphatic carbocycles. The monoisotopic (exact) mass is 402 g/mol. The zero-order valence-electron chi connectivity index (χ0n) is 17.0. The minimum atomic E-state index is -0.559. The van der Waals surface area contributed by atoms with E-state index in [0.29, 0.717) is 12.2 Å². The lowest BCUT2D eigenvalue weighted by molar-refractivity contribution is -0.0149. The van der Waals surface area contributed by atoms with Crippen LogP contribution in [0.15, 0.2) is 54.6 Å². The van der Waals surface area contributed by atoms with Gasteiger partial charge in [0.2, 0.25) is 5.78 Å². The molecule has 0 atom stereocenters. The highest BCUT2D eigenvalue weighted by Crippen LogP contribution is 2.39. The molecule has 3 aromatic carbocycles. The summed E-state index contributed by atoms with van der Waals surface area (Å²) in [5.74, 6) is -1.51. The van der Waals surface area contributed by atoms with Crippen molar-refractivity contribution in [2.45, 2.75) is 33.0 Å². The summed E-state index contributed by atoms with van der Waals surface area (Å²) in [7, 11) is 0. The fraction of sp³-hybridized carbons (Fsp3) is 0.200. The second-order valence-corrected chi connectivity index (χ2v) is 8.37. The Morgan fingerprint density at radius 3 is 2.10 bits per heavy atom. The first-order valence-corrected chi connectivity index (χ1v) is 9.67. The first kappa shape index (κ1) is 19.9. The number of ether oxygens (including phenoxy) is 1. The van der Waals surface area contributed by atoms with Gasteiger partial charge in [-0.1, -0.05) is 36.4 Å². The van der Waals surface area contributed by atoms with E-state index < -0.39 is 11.6 Å². The number of hydrogen-bond acceptors (Lipinski definition) is 5. The lowest BCUT2D eigenvalue weighted by Crippen LogP contribution is -2.21. The molecule has 0 bridgehead atoms. The molecule has 4 rings (SSSR count). The molecular formula is C25H22O5. The standard InChI is InChI=1S/C25H22O5/c1-25(2,3)30-13-14-7-9-15(10-8-14)16-11-18-22(20(27)12-16)24(29)21-17(23(18)28)5-4-6-19(21)26/h4-12,26-27H,13H2,1-3H3. The van der Waals surface area contributed by atoms with Crippen molar-refractivity contribution in [3.8, 4) is 22.6 Å². The molecular weight excluding hydrogens is 380 g/mol. The molecule has 0 aromatic heterocycles. The van der Waals surface area contributed by atoms with Crippen LogP contribution >= 0.6 is 0 Å². The highest BCUT2D eigenvalue weighted by Gasteiger charge is 2.34. The van der Waals surface area contributed by atoms with Gasteiger partial charge < -0.3 is 14.9 Å². The summed E-state index contributed by atoms with van der Waals surface area (Å²) >= 11 is 0. The molecule has 5 heteroatoms. The molecule has 3 aromatic rings. The van der Waals surface area contributed by atoms with E-state index in [-0.39, 0.29) is 39.4 Å². The Hall–Kier alpha value is -3.44. The molecule has 0 fully saturated rings. The zero-order chi connectivity index (χ0) is 21.6. The van der Waals surface area contributed by atoms with Crippen molar-refractivity contribution >= 4 is 11.6 Å².